The third-order valence-corrected chi connectivity index (χ3v) is 4.68. The van der Waals surface area contributed by atoms with Crippen LogP contribution in [0, 0.1) is 0 Å². The molecule has 0 bridgehead atoms. The van der Waals surface area contributed by atoms with Crippen LogP contribution in [0.15, 0.2) is 4.52 Å². The lowest BCUT2D eigenvalue weighted by atomic mass is 9.96. The minimum absolute atomic E-state index is 0.0601. The van der Waals surface area contributed by atoms with Gasteiger partial charge in [0, 0.05) is 18.8 Å². The maximum atomic E-state index is 12.2. The van der Waals surface area contributed by atoms with Crippen LogP contribution in [0.25, 0.3) is 0 Å². The van der Waals surface area contributed by atoms with E-state index in [1.807, 2.05) is 0 Å². The van der Waals surface area contributed by atoms with Gasteiger partial charge in [-0.15, -0.1) is 0 Å². The normalized spacial score (nSPS) is 19.7. The quantitative estimate of drug-likeness (QED) is 0.713. The number of carbonyl (C=O) groups is 2. The molecule has 7 heteroatoms. The first-order valence-corrected chi connectivity index (χ1v) is 8.46. The zero-order valence-electron chi connectivity index (χ0n) is 13.2. The minimum atomic E-state index is -0.822. The van der Waals surface area contributed by atoms with Crippen molar-refractivity contribution in [2.45, 2.75) is 75.7 Å². The highest BCUT2D eigenvalue weighted by Gasteiger charge is 2.42. The van der Waals surface area contributed by atoms with E-state index in [0.29, 0.717) is 36.9 Å². The summed E-state index contributed by atoms with van der Waals surface area (Å²) in [6, 6.07) is 0. The molecule has 126 valence electrons. The Morgan fingerprint density at radius 3 is 2.57 bits per heavy atom. The van der Waals surface area contributed by atoms with Crippen molar-refractivity contribution in [3.05, 3.63) is 11.7 Å². The van der Waals surface area contributed by atoms with Gasteiger partial charge in [-0.05, 0) is 38.5 Å². The van der Waals surface area contributed by atoms with Crippen LogP contribution in [-0.2, 0) is 15.1 Å². The number of carbonyl (C=O) groups excluding carboxylic acids is 1. The number of rotatable bonds is 8. The lowest BCUT2D eigenvalue weighted by molar-refractivity contribution is -0.137. The van der Waals surface area contributed by atoms with Crippen molar-refractivity contribution in [3.63, 3.8) is 0 Å². The molecule has 1 aromatic rings. The minimum Gasteiger partial charge on any atom is -0.481 e. The number of aliphatic carboxylic acids is 1. The van der Waals surface area contributed by atoms with Crippen LogP contribution < -0.4 is 5.32 Å². The Morgan fingerprint density at radius 2 is 1.91 bits per heavy atom. The van der Waals surface area contributed by atoms with Gasteiger partial charge in [0.25, 0.3) is 0 Å². The molecule has 23 heavy (non-hydrogen) atoms. The lowest BCUT2D eigenvalue weighted by Gasteiger charge is -2.26. The zero-order chi connectivity index (χ0) is 16.3. The van der Waals surface area contributed by atoms with E-state index in [1.165, 1.54) is 0 Å². The summed E-state index contributed by atoms with van der Waals surface area (Å²) in [6.07, 6.45) is 7.47. The summed E-state index contributed by atoms with van der Waals surface area (Å²) < 4.78 is 5.35. The van der Waals surface area contributed by atoms with Crippen molar-refractivity contribution < 1.29 is 19.2 Å². The molecule has 0 saturated heterocycles. The van der Waals surface area contributed by atoms with Crippen molar-refractivity contribution in [2.24, 2.45) is 0 Å². The second-order valence-corrected chi connectivity index (χ2v) is 6.67. The van der Waals surface area contributed by atoms with Crippen LogP contribution >= 0.6 is 0 Å². The van der Waals surface area contributed by atoms with Crippen LogP contribution in [0.4, 0.5) is 0 Å². The van der Waals surface area contributed by atoms with E-state index < -0.39 is 11.5 Å². The molecule has 0 spiro atoms. The predicted molar refractivity (Wildman–Crippen MR) is 80.7 cm³/mol. The number of carboxylic acid groups (broad SMARTS) is 1. The Bertz CT molecular complexity index is 574. The SMILES string of the molecule is O=C(O)CCCCC(=O)NC1(c2noc(C3CC3)n2)CCCC1. The molecule has 0 aromatic carbocycles. The Labute approximate surface area is 134 Å². The maximum absolute atomic E-state index is 12.2. The molecule has 2 fully saturated rings. The van der Waals surface area contributed by atoms with Gasteiger partial charge in [0.2, 0.25) is 11.8 Å². The molecule has 3 rings (SSSR count). The van der Waals surface area contributed by atoms with E-state index in [9.17, 15) is 9.59 Å². The summed E-state index contributed by atoms with van der Waals surface area (Å²) in [5.41, 5.74) is -0.499. The van der Waals surface area contributed by atoms with Gasteiger partial charge < -0.3 is 14.9 Å². The number of amides is 1. The summed E-state index contributed by atoms with van der Waals surface area (Å²) in [4.78, 5) is 27.3. The first-order valence-electron chi connectivity index (χ1n) is 8.46. The lowest BCUT2D eigenvalue weighted by Crippen LogP contribution is -2.44. The van der Waals surface area contributed by atoms with Gasteiger partial charge in [0.1, 0.15) is 5.54 Å². The van der Waals surface area contributed by atoms with Gasteiger partial charge in [-0.1, -0.05) is 18.0 Å². The highest BCUT2D eigenvalue weighted by Crippen LogP contribution is 2.42. The number of nitrogens with zero attached hydrogens (tertiary/aromatic N) is 2. The Hall–Kier alpha value is -1.92. The van der Waals surface area contributed by atoms with Crippen molar-refractivity contribution in [1.29, 1.82) is 0 Å². The summed E-state index contributed by atoms with van der Waals surface area (Å²) in [6.45, 7) is 0. The van der Waals surface area contributed by atoms with Crippen LogP contribution in [0.3, 0.4) is 0 Å². The largest absolute Gasteiger partial charge is 0.481 e. The van der Waals surface area contributed by atoms with Crippen LogP contribution in [-0.4, -0.2) is 27.1 Å². The Morgan fingerprint density at radius 1 is 1.22 bits per heavy atom. The Balaban J connectivity index is 1.59. The van der Waals surface area contributed by atoms with Gasteiger partial charge in [0.05, 0.1) is 0 Å². The van der Waals surface area contributed by atoms with Gasteiger partial charge in [0.15, 0.2) is 5.82 Å². The molecular weight excluding hydrogens is 298 g/mol. The third kappa shape index (κ3) is 3.89. The second kappa shape index (κ2) is 6.68. The van der Waals surface area contributed by atoms with Crippen LogP contribution in [0.2, 0.25) is 0 Å². The smallest absolute Gasteiger partial charge is 0.303 e. The second-order valence-electron chi connectivity index (χ2n) is 6.67. The van der Waals surface area contributed by atoms with Gasteiger partial charge in [-0.2, -0.15) is 4.98 Å². The molecule has 2 saturated carbocycles. The van der Waals surface area contributed by atoms with E-state index in [0.717, 1.165) is 38.5 Å². The highest BCUT2D eigenvalue weighted by atomic mass is 16.5. The van der Waals surface area contributed by atoms with E-state index in [1.54, 1.807) is 0 Å². The first-order chi connectivity index (χ1) is 11.1. The molecule has 0 unspecified atom stereocenters. The fraction of sp³-hybridized carbons (Fsp3) is 0.750. The molecule has 1 aromatic heterocycles. The highest BCUT2D eigenvalue weighted by molar-refractivity contribution is 5.77. The third-order valence-electron chi connectivity index (χ3n) is 4.68. The summed E-state index contributed by atoms with van der Waals surface area (Å²) in [5.74, 6) is 0.825. The van der Waals surface area contributed by atoms with Gasteiger partial charge >= 0.3 is 5.97 Å². The number of unbranched alkanes of at least 4 members (excludes halogenated alkanes) is 1. The van der Waals surface area contributed by atoms with Crippen molar-refractivity contribution >= 4 is 11.9 Å². The number of nitrogens with one attached hydrogen (secondary N) is 1. The average Bonchev–Trinajstić information content (AvgIpc) is 3.05. The summed E-state index contributed by atoms with van der Waals surface area (Å²) in [5, 5.41) is 15.8. The number of hydrogen-bond donors (Lipinski definition) is 2. The molecule has 0 atom stereocenters. The van der Waals surface area contributed by atoms with Gasteiger partial charge in [-0.25, -0.2) is 0 Å². The van der Waals surface area contributed by atoms with Crippen LogP contribution in [0.5, 0.6) is 0 Å². The standard InChI is InChI=1S/C16H23N3O4/c20-12(5-1-2-6-13(21)22)18-16(9-3-4-10-16)15-17-14(23-19-15)11-7-8-11/h11H,1-10H2,(H,18,20)(H,21,22). The predicted octanol–water partition coefficient (Wildman–Crippen LogP) is 2.48. The van der Waals surface area contributed by atoms with E-state index in [2.05, 4.69) is 15.5 Å². The molecule has 0 aliphatic heterocycles. The molecule has 1 heterocycles. The number of carboxylic acids is 1. The fourth-order valence-electron chi connectivity index (χ4n) is 3.20. The number of aromatic nitrogens is 2. The van der Waals surface area contributed by atoms with Crippen molar-refractivity contribution in [3.8, 4) is 0 Å². The van der Waals surface area contributed by atoms with Crippen LogP contribution in [0.1, 0.15) is 81.8 Å². The van der Waals surface area contributed by atoms with Crippen molar-refractivity contribution in [2.75, 3.05) is 0 Å². The summed E-state index contributed by atoms with van der Waals surface area (Å²) in [7, 11) is 0. The number of hydrogen-bond acceptors (Lipinski definition) is 5. The van der Waals surface area contributed by atoms with E-state index >= 15 is 0 Å². The maximum Gasteiger partial charge on any atom is 0.303 e. The molecule has 0 radical (unpaired) electrons. The molecule has 2 aliphatic rings. The molecule has 2 aliphatic carbocycles. The van der Waals surface area contributed by atoms with E-state index in [4.69, 9.17) is 9.63 Å². The van der Waals surface area contributed by atoms with Crippen molar-refractivity contribution in [1.82, 2.24) is 15.5 Å². The molecular formula is C16H23N3O4. The summed E-state index contributed by atoms with van der Waals surface area (Å²) >= 11 is 0. The van der Waals surface area contributed by atoms with E-state index in [-0.39, 0.29) is 12.3 Å². The van der Waals surface area contributed by atoms with Gasteiger partial charge in [-0.3, -0.25) is 9.59 Å². The zero-order valence-corrected chi connectivity index (χ0v) is 13.2. The molecule has 2 N–H and O–H groups in total. The Kier molecular flexibility index (Phi) is 4.63. The fourth-order valence-corrected chi connectivity index (χ4v) is 3.20. The molecule has 1 amide bonds. The molecule has 7 nitrogen and oxygen atoms in total. The average molecular weight is 321 g/mol. The monoisotopic (exact) mass is 321 g/mol. The topological polar surface area (TPSA) is 105 Å². The first kappa shape index (κ1) is 16.0.